The number of nitrogens with one attached hydrogen (secondary N) is 1. The molecule has 2 heterocycles. The molecule has 1 atom stereocenters. The number of carbonyl (C=O) groups excluding carboxylic acids is 1. The van der Waals surface area contributed by atoms with Crippen molar-refractivity contribution in [3.05, 3.63) is 83.8 Å². The number of ether oxygens (including phenoxy) is 2. The fourth-order valence-electron chi connectivity index (χ4n) is 3.17. The predicted octanol–water partition coefficient (Wildman–Crippen LogP) is 3.84. The Bertz CT molecular complexity index is 903. The van der Waals surface area contributed by atoms with E-state index in [4.69, 9.17) is 13.9 Å². The molecule has 2 aromatic carbocycles. The Kier molecular flexibility index (Phi) is 5.10. The van der Waals surface area contributed by atoms with Gasteiger partial charge < -0.3 is 19.2 Å². The number of hydrogen-bond donors (Lipinski definition) is 1. The highest BCUT2D eigenvalue weighted by Crippen LogP contribution is 2.26. The summed E-state index contributed by atoms with van der Waals surface area (Å²) < 4.78 is 16.9. The first-order chi connectivity index (χ1) is 13.3. The van der Waals surface area contributed by atoms with Gasteiger partial charge >= 0.3 is 0 Å². The van der Waals surface area contributed by atoms with Crippen LogP contribution in [0.25, 0.3) is 0 Å². The summed E-state index contributed by atoms with van der Waals surface area (Å²) in [4.78, 5) is 12.5. The van der Waals surface area contributed by atoms with Gasteiger partial charge in [-0.15, -0.1) is 0 Å². The Balaban J connectivity index is 1.32. The maximum Gasteiger partial charge on any atom is 0.287 e. The fraction of sp³-hybridized carbons (Fsp3) is 0.227. The highest BCUT2D eigenvalue weighted by Gasteiger charge is 2.22. The number of amides is 1. The first kappa shape index (κ1) is 17.2. The smallest absolute Gasteiger partial charge is 0.287 e. The van der Waals surface area contributed by atoms with E-state index < -0.39 is 0 Å². The van der Waals surface area contributed by atoms with E-state index in [2.05, 4.69) is 11.4 Å². The first-order valence-corrected chi connectivity index (χ1v) is 9.02. The van der Waals surface area contributed by atoms with Gasteiger partial charge in [-0.05, 0) is 36.2 Å². The molecule has 0 saturated carbocycles. The molecule has 27 heavy (non-hydrogen) atoms. The summed E-state index contributed by atoms with van der Waals surface area (Å²) in [6, 6.07) is 19.3. The molecule has 1 unspecified atom stereocenters. The Morgan fingerprint density at radius 3 is 2.78 bits per heavy atom. The van der Waals surface area contributed by atoms with E-state index in [0.717, 1.165) is 23.5 Å². The summed E-state index contributed by atoms with van der Waals surface area (Å²) in [6.07, 6.45) is 2.40. The minimum atomic E-state index is -0.231. The van der Waals surface area contributed by atoms with E-state index in [1.54, 1.807) is 6.07 Å². The van der Waals surface area contributed by atoms with Crippen LogP contribution in [0.5, 0.6) is 11.5 Å². The largest absolute Gasteiger partial charge is 0.493 e. The van der Waals surface area contributed by atoms with Gasteiger partial charge in [0, 0.05) is 18.0 Å². The van der Waals surface area contributed by atoms with E-state index in [1.165, 1.54) is 11.8 Å². The van der Waals surface area contributed by atoms with E-state index in [0.29, 0.717) is 18.9 Å². The van der Waals surface area contributed by atoms with E-state index >= 15 is 0 Å². The normalized spacial score (nSPS) is 15.5. The zero-order valence-corrected chi connectivity index (χ0v) is 14.9. The standard InChI is InChI=1S/C22H21NO4/c24-22(23-13-16-12-17-6-4-5-9-20(17)27-14-16)21-18(10-11-25-21)15-26-19-7-2-1-3-8-19/h1-11,16H,12-15H2,(H,23,24). The molecule has 0 fully saturated rings. The molecule has 0 spiro atoms. The zero-order valence-electron chi connectivity index (χ0n) is 14.9. The number of para-hydroxylation sites is 2. The van der Waals surface area contributed by atoms with Crippen molar-refractivity contribution in [1.29, 1.82) is 0 Å². The molecule has 1 N–H and O–H groups in total. The number of furan rings is 1. The average molecular weight is 363 g/mol. The lowest BCUT2D eigenvalue weighted by Crippen LogP contribution is -2.35. The lowest BCUT2D eigenvalue weighted by Gasteiger charge is -2.25. The molecule has 0 bridgehead atoms. The van der Waals surface area contributed by atoms with Crippen LogP contribution in [-0.4, -0.2) is 19.1 Å². The van der Waals surface area contributed by atoms with Crippen LogP contribution in [0.4, 0.5) is 0 Å². The van der Waals surface area contributed by atoms with Crippen molar-refractivity contribution in [3.63, 3.8) is 0 Å². The monoisotopic (exact) mass is 363 g/mol. The summed E-state index contributed by atoms with van der Waals surface area (Å²) >= 11 is 0. The summed E-state index contributed by atoms with van der Waals surface area (Å²) in [5, 5.41) is 2.96. The molecule has 0 radical (unpaired) electrons. The van der Waals surface area contributed by atoms with Crippen molar-refractivity contribution < 1.29 is 18.7 Å². The SMILES string of the molecule is O=C(NCC1COc2ccccc2C1)c1occc1COc1ccccc1. The summed E-state index contributed by atoms with van der Waals surface area (Å²) in [7, 11) is 0. The second-order valence-corrected chi connectivity index (χ2v) is 6.58. The van der Waals surface area contributed by atoms with Crippen molar-refractivity contribution in [3.8, 4) is 11.5 Å². The van der Waals surface area contributed by atoms with Gasteiger partial charge in [0.2, 0.25) is 0 Å². The maximum atomic E-state index is 12.5. The lowest BCUT2D eigenvalue weighted by molar-refractivity contribution is 0.0908. The van der Waals surface area contributed by atoms with Crippen LogP contribution in [0.15, 0.2) is 71.3 Å². The molecule has 0 aliphatic carbocycles. The Morgan fingerprint density at radius 2 is 1.89 bits per heavy atom. The van der Waals surface area contributed by atoms with Gasteiger partial charge in [0.05, 0.1) is 12.9 Å². The average Bonchev–Trinajstić information content (AvgIpc) is 3.20. The molecule has 4 rings (SSSR count). The molecule has 3 aromatic rings. The Hall–Kier alpha value is -3.21. The summed E-state index contributed by atoms with van der Waals surface area (Å²) in [5.74, 6) is 1.99. The van der Waals surface area contributed by atoms with Crippen LogP contribution in [0.1, 0.15) is 21.7 Å². The topological polar surface area (TPSA) is 60.7 Å². The third-order valence-electron chi connectivity index (χ3n) is 4.60. The maximum absolute atomic E-state index is 12.5. The minimum absolute atomic E-state index is 0.231. The van der Waals surface area contributed by atoms with E-state index in [1.807, 2.05) is 48.5 Å². The Morgan fingerprint density at radius 1 is 1.07 bits per heavy atom. The number of carbonyl (C=O) groups is 1. The third kappa shape index (κ3) is 4.14. The number of benzene rings is 2. The van der Waals surface area contributed by atoms with Gasteiger partial charge in [-0.2, -0.15) is 0 Å². The van der Waals surface area contributed by atoms with Crippen molar-refractivity contribution in [2.75, 3.05) is 13.2 Å². The quantitative estimate of drug-likeness (QED) is 0.723. The van der Waals surface area contributed by atoms with Crippen LogP contribution >= 0.6 is 0 Å². The van der Waals surface area contributed by atoms with Crippen molar-refractivity contribution >= 4 is 5.91 Å². The molecular formula is C22H21NO4. The molecule has 138 valence electrons. The second-order valence-electron chi connectivity index (χ2n) is 6.58. The van der Waals surface area contributed by atoms with Crippen LogP contribution in [-0.2, 0) is 13.0 Å². The summed E-state index contributed by atoms with van der Waals surface area (Å²) in [6.45, 7) is 1.41. The molecule has 1 amide bonds. The lowest BCUT2D eigenvalue weighted by atomic mass is 9.97. The number of fused-ring (bicyclic) bond motifs is 1. The predicted molar refractivity (Wildman–Crippen MR) is 101 cm³/mol. The minimum Gasteiger partial charge on any atom is -0.493 e. The van der Waals surface area contributed by atoms with Gasteiger partial charge in [0.15, 0.2) is 5.76 Å². The van der Waals surface area contributed by atoms with Crippen molar-refractivity contribution in [1.82, 2.24) is 5.32 Å². The van der Waals surface area contributed by atoms with E-state index in [-0.39, 0.29) is 18.4 Å². The molecule has 0 saturated heterocycles. The first-order valence-electron chi connectivity index (χ1n) is 9.02. The number of hydrogen-bond acceptors (Lipinski definition) is 4. The van der Waals surface area contributed by atoms with Gasteiger partial charge in [-0.1, -0.05) is 36.4 Å². The Labute approximate surface area is 157 Å². The van der Waals surface area contributed by atoms with Gasteiger partial charge in [0.1, 0.15) is 18.1 Å². The van der Waals surface area contributed by atoms with Crippen LogP contribution < -0.4 is 14.8 Å². The fourth-order valence-corrected chi connectivity index (χ4v) is 3.17. The summed E-state index contributed by atoms with van der Waals surface area (Å²) in [5.41, 5.74) is 1.90. The molecular weight excluding hydrogens is 342 g/mol. The molecule has 5 heteroatoms. The van der Waals surface area contributed by atoms with Crippen molar-refractivity contribution in [2.45, 2.75) is 13.0 Å². The van der Waals surface area contributed by atoms with Gasteiger partial charge in [0.25, 0.3) is 5.91 Å². The molecule has 1 aliphatic heterocycles. The molecule has 1 aliphatic rings. The zero-order chi connectivity index (χ0) is 18.5. The third-order valence-corrected chi connectivity index (χ3v) is 4.60. The molecule has 5 nitrogen and oxygen atoms in total. The number of rotatable bonds is 6. The molecule has 1 aromatic heterocycles. The van der Waals surface area contributed by atoms with E-state index in [9.17, 15) is 4.79 Å². The van der Waals surface area contributed by atoms with Crippen LogP contribution in [0.3, 0.4) is 0 Å². The van der Waals surface area contributed by atoms with Gasteiger partial charge in [-0.3, -0.25) is 4.79 Å². The van der Waals surface area contributed by atoms with Gasteiger partial charge in [-0.25, -0.2) is 0 Å². The van der Waals surface area contributed by atoms with Crippen molar-refractivity contribution in [2.24, 2.45) is 5.92 Å². The van der Waals surface area contributed by atoms with Crippen LogP contribution in [0.2, 0.25) is 0 Å². The highest BCUT2D eigenvalue weighted by atomic mass is 16.5. The van der Waals surface area contributed by atoms with Crippen LogP contribution in [0, 0.1) is 5.92 Å². The second kappa shape index (κ2) is 7.99. The highest BCUT2D eigenvalue weighted by molar-refractivity contribution is 5.92.